The molecule has 0 aromatic rings. The molecule has 1 aliphatic heterocycles. The SMILES string of the molecule is O=C(CC1CCOCC1)C1=CCCCC1. The normalized spacial score (nSPS) is 23.6. The van der Waals surface area contributed by atoms with E-state index in [1.165, 1.54) is 12.8 Å². The van der Waals surface area contributed by atoms with Crippen molar-refractivity contribution in [3.8, 4) is 0 Å². The summed E-state index contributed by atoms with van der Waals surface area (Å²) in [6.07, 6.45) is 9.63. The lowest BCUT2D eigenvalue weighted by molar-refractivity contribution is -0.117. The van der Waals surface area contributed by atoms with Crippen molar-refractivity contribution in [2.24, 2.45) is 5.92 Å². The van der Waals surface area contributed by atoms with Crippen LogP contribution < -0.4 is 0 Å². The molecular weight excluding hydrogens is 188 g/mol. The van der Waals surface area contributed by atoms with E-state index in [0.717, 1.165) is 50.9 Å². The Labute approximate surface area is 91.7 Å². The highest BCUT2D eigenvalue weighted by Gasteiger charge is 2.20. The maximum Gasteiger partial charge on any atom is 0.158 e. The fourth-order valence-corrected chi connectivity index (χ4v) is 2.44. The topological polar surface area (TPSA) is 26.3 Å². The molecule has 0 aromatic carbocycles. The molecule has 15 heavy (non-hydrogen) atoms. The van der Waals surface area contributed by atoms with Crippen LogP contribution in [0, 0.1) is 5.92 Å². The first-order valence-corrected chi connectivity index (χ1v) is 6.16. The van der Waals surface area contributed by atoms with Gasteiger partial charge in [-0.3, -0.25) is 4.79 Å². The zero-order valence-corrected chi connectivity index (χ0v) is 9.34. The predicted molar refractivity (Wildman–Crippen MR) is 59.7 cm³/mol. The Bertz CT molecular complexity index is 249. The Morgan fingerprint density at radius 2 is 2.13 bits per heavy atom. The lowest BCUT2D eigenvalue weighted by atomic mass is 9.88. The Morgan fingerprint density at radius 1 is 1.33 bits per heavy atom. The number of carbonyl (C=O) groups is 1. The highest BCUT2D eigenvalue weighted by molar-refractivity contribution is 5.95. The third-order valence-corrected chi connectivity index (χ3v) is 3.46. The van der Waals surface area contributed by atoms with E-state index < -0.39 is 0 Å². The van der Waals surface area contributed by atoms with Crippen molar-refractivity contribution >= 4 is 5.78 Å². The molecule has 0 N–H and O–H groups in total. The minimum Gasteiger partial charge on any atom is -0.381 e. The molecule has 0 amide bonds. The van der Waals surface area contributed by atoms with Crippen molar-refractivity contribution in [1.82, 2.24) is 0 Å². The van der Waals surface area contributed by atoms with Crippen LogP contribution in [0.1, 0.15) is 44.9 Å². The smallest absolute Gasteiger partial charge is 0.158 e. The van der Waals surface area contributed by atoms with Crippen molar-refractivity contribution in [3.05, 3.63) is 11.6 Å². The molecule has 0 aromatic heterocycles. The van der Waals surface area contributed by atoms with Crippen LogP contribution in [0.2, 0.25) is 0 Å². The Morgan fingerprint density at radius 3 is 2.80 bits per heavy atom. The fraction of sp³-hybridized carbons (Fsp3) is 0.769. The average molecular weight is 208 g/mol. The summed E-state index contributed by atoms with van der Waals surface area (Å²) >= 11 is 0. The van der Waals surface area contributed by atoms with Gasteiger partial charge in [0.05, 0.1) is 0 Å². The molecule has 1 saturated heterocycles. The monoisotopic (exact) mass is 208 g/mol. The molecule has 0 unspecified atom stereocenters. The molecule has 0 bridgehead atoms. The molecule has 0 spiro atoms. The van der Waals surface area contributed by atoms with Crippen LogP contribution in [0.5, 0.6) is 0 Å². The third-order valence-electron chi connectivity index (χ3n) is 3.46. The number of allylic oxidation sites excluding steroid dienone is 2. The zero-order valence-electron chi connectivity index (χ0n) is 9.34. The van der Waals surface area contributed by atoms with Gasteiger partial charge >= 0.3 is 0 Å². The van der Waals surface area contributed by atoms with Crippen LogP contribution in [-0.2, 0) is 9.53 Å². The number of carbonyl (C=O) groups excluding carboxylic acids is 1. The number of hydrogen-bond acceptors (Lipinski definition) is 2. The molecular formula is C13H20O2. The van der Waals surface area contributed by atoms with Gasteiger partial charge in [-0.1, -0.05) is 6.08 Å². The van der Waals surface area contributed by atoms with Gasteiger partial charge in [0.25, 0.3) is 0 Å². The van der Waals surface area contributed by atoms with E-state index in [4.69, 9.17) is 4.74 Å². The summed E-state index contributed by atoms with van der Waals surface area (Å²) in [5.41, 5.74) is 1.10. The largest absolute Gasteiger partial charge is 0.381 e. The molecule has 2 heteroatoms. The van der Waals surface area contributed by atoms with Gasteiger partial charge in [0, 0.05) is 19.6 Å². The molecule has 2 aliphatic rings. The molecule has 84 valence electrons. The van der Waals surface area contributed by atoms with Crippen LogP contribution in [0.4, 0.5) is 0 Å². The van der Waals surface area contributed by atoms with Crippen molar-refractivity contribution in [3.63, 3.8) is 0 Å². The molecule has 1 aliphatic carbocycles. The Balaban J connectivity index is 1.82. The van der Waals surface area contributed by atoms with Gasteiger partial charge in [0.15, 0.2) is 5.78 Å². The van der Waals surface area contributed by atoms with Gasteiger partial charge < -0.3 is 4.74 Å². The number of ketones is 1. The second-order valence-corrected chi connectivity index (χ2v) is 4.66. The Hall–Kier alpha value is -0.630. The van der Waals surface area contributed by atoms with Crippen molar-refractivity contribution in [1.29, 1.82) is 0 Å². The summed E-state index contributed by atoms with van der Waals surface area (Å²) in [5, 5.41) is 0. The number of rotatable bonds is 3. The van der Waals surface area contributed by atoms with Crippen LogP contribution in [0.25, 0.3) is 0 Å². The van der Waals surface area contributed by atoms with Crippen LogP contribution >= 0.6 is 0 Å². The maximum atomic E-state index is 12.0. The summed E-state index contributed by atoms with van der Waals surface area (Å²) in [6.45, 7) is 1.69. The first-order chi connectivity index (χ1) is 7.36. The highest BCUT2D eigenvalue weighted by Crippen LogP contribution is 2.24. The molecule has 0 saturated carbocycles. The summed E-state index contributed by atoms with van der Waals surface area (Å²) in [5.74, 6) is 0.982. The molecule has 1 heterocycles. The first-order valence-electron chi connectivity index (χ1n) is 6.16. The van der Waals surface area contributed by atoms with Gasteiger partial charge in [0.1, 0.15) is 0 Å². The minimum atomic E-state index is 0.404. The van der Waals surface area contributed by atoms with E-state index in [2.05, 4.69) is 6.08 Å². The second kappa shape index (κ2) is 5.45. The van der Waals surface area contributed by atoms with E-state index in [1.807, 2.05) is 0 Å². The van der Waals surface area contributed by atoms with Crippen LogP contribution in [0.15, 0.2) is 11.6 Å². The Kier molecular flexibility index (Phi) is 3.95. The molecule has 2 nitrogen and oxygen atoms in total. The van der Waals surface area contributed by atoms with Gasteiger partial charge in [0.2, 0.25) is 0 Å². The number of ether oxygens (including phenoxy) is 1. The summed E-state index contributed by atoms with van der Waals surface area (Å²) in [7, 11) is 0. The molecule has 1 fully saturated rings. The van der Waals surface area contributed by atoms with E-state index in [9.17, 15) is 4.79 Å². The first kappa shape index (κ1) is 10.9. The minimum absolute atomic E-state index is 0.404. The van der Waals surface area contributed by atoms with E-state index >= 15 is 0 Å². The predicted octanol–water partition coefficient (Wildman–Crippen LogP) is 2.87. The summed E-state index contributed by atoms with van der Waals surface area (Å²) in [6, 6.07) is 0. The summed E-state index contributed by atoms with van der Waals surface area (Å²) < 4.78 is 5.30. The maximum absolute atomic E-state index is 12.0. The lowest BCUT2D eigenvalue weighted by Gasteiger charge is -2.22. The standard InChI is InChI=1S/C13H20O2/c14-13(12-4-2-1-3-5-12)10-11-6-8-15-9-7-11/h4,11H,1-3,5-10H2. The fourth-order valence-electron chi connectivity index (χ4n) is 2.44. The van der Waals surface area contributed by atoms with E-state index in [0.29, 0.717) is 11.7 Å². The molecule has 0 radical (unpaired) electrons. The highest BCUT2D eigenvalue weighted by atomic mass is 16.5. The van der Waals surface area contributed by atoms with Crippen LogP contribution in [0.3, 0.4) is 0 Å². The van der Waals surface area contributed by atoms with E-state index in [1.54, 1.807) is 0 Å². The van der Waals surface area contributed by atoms with Gasteiger partial charge in [-0.25, -0.2) is 0 Å². The molecule has 0 atom stereocenters. The zero-order chi connectivity index (χ0) is 10.5. The lowest BCUT2D eigenvalue weighted by Crippen LogP contribution is -2.19. The number of Topliss-reactive ketones (excluding diaryl/α,β-unsaturated/α-hetero) is 1. The van der Waals surface area contributed by atoms with Gasteiger partial charge in [-0.2, -0.15) is 0 Å². The third kappa shape index (κ3) is 3.16. The molecule has 2 rings (SSSR count). The van der Waals surface area contributed by atoms with Gasteiger partial charge in [-0.15, -0.1) is 0 Å². The van der Waals surface area contributed by atoms with E-state index in [-0.39, 0.29) is 0 Å². The summed E-state index contributed by atoms with van der Waals surface area (Å²) in [4.78, 5) is 12.0. The average Bonchev–Trinajstić information content (AvgIpc) is 2.31. The van der Waals surface area contributed by atoms with Gasteiger partial charge in [-0.05, 0) is 50.0 Å². The number of hydrogen-bond donors (Lipinski definition) is 0. The van der Waals surface area contributed by atoms with Crippen molar-refractivity contribution in [2.45, 2.75) is 44.9 Å². The van der Waals surface area contributed by atoms with Crippen LogP contribution in [-0.4, -0.2) is 19.0 Å². The van der Waals surface area contributed by atoms with Crippen molar-refractivity contribution in [2.75, 3.05) is 13.2 Å². The quantitative estimate of drug-likeness (QED) is 0.713. The second-order valence-electron chi connectivity index (χ2n) is 4.66. The van der Waals surface area contributed by atoms with Crippen molar-refractivity contribution < 1.29 is 9.53 Å².